The van der Waals surface area contributed by atoms with Gasteiger partial charge in [-0.15, -0.1) is 6.42 Å². The Morgan fingerprint density at radius 1 is 1.06 bits per heavy atom. The summed E-state index contributed by atoms with van der Waals surface area (Å²) in [5.74, 6) is 1.48. The Morgan fingerprint density at radius 3 is 2.50 bits per heavy atom. The maximum absolute atomic E-state index is 16.9. The standard InChI is InChI=1S/C37H39F3N6O2/c1-3-27-30(39)8-5-22-15-26(47)16-28(31(22)27)33-32(40)34-29(17-41-33)35(45-18-24-6-7-25(19-45)46(24)4-2)43-36(42-34)48-21-37(11-12-37)20-44-13-9-23(38)10-14-44/h1,5,8,15-17,23-25,47H,4,6-7,9-14,18-21H2,2H3. The van der Waals surface area contributed by atoms with Gasteiger partial charge in [0.05, 0.1) is 17.6 Å². The van der Waals surface area contributed by atoms with Gasteiger partial charge in [-0.25, -0.2) is 13.2 Å². The second kappa shape index (κ2) is 12.1. The van der Waals surface area contributed by atoms with E-state index in [9.17, 15) is 13.9 Å². The van der Waals surface area contributed by atoms with Crippen molar-refractivity contribution >= 4 is 27.5 Å². The number of likely N-dealkylation sites (N-methyl/N-ethyl adjacent to an activating group) is 1. The number of nitrogens with zero attached hydrogens (tertiary/aromatic N) is 6. The number of phenols is 1. The molecule has 250 valence electrons. The van der Waals surface area contributed by atoms with Crippen LogP contribution in [0.2, 0.25) is 0 Å². The summed E-state index contributed by atoms with van der Waals surface area (Å²) >= 11 is 0. The summed E-state index contributed by atoms with van der Waals surface area (Å²) in [7, 11) is 0. The smallest absolute Gasteiger partial charge is 0.319 e. The Bertz CT molecular complexity index is 1920. The van der Waals surface area contributed by atoms with Crippen molar-refractivity contribution in [3.63, 3.8) is 0 Å². The molecule has 8 nitrogen and oxygen atoms in total. The number of anilines is 1. The number of phenolic OH excluding ortho intramolecular Hbond substituents is 1. The normalized spacial score (nSPS) is 22.8. The predicted octanol–water partition coefficient (Wildman–Crippen LogP) is 6.08. The number of hydrogen-bond donors (Lipinski definition) is 1. The molecule has 48 heavy (non-hydrogen) atoms. The number of alkyl halides is 1. The lowest BCUT2D eigenvalue weighted by molar-refractivity contribution is 0.107. The predicted molar refractivity (Wildman–Crippen MR) is 179 cm³/mol. The van der Waals surface area contributed by atoms with Crippen LogP contribution >= 0.6 is 0 Å². The van der Waals surface area contributed by atoms with E-state index in [1.165, 1.54) is 24.3 Å². The van der Waals surface area contributed by atoms with Crippen molar-refractivity contribution in [3.05, 3.63) is 47.7 Å². The highest BCUT2D eigenvalue weighted by molar-refractivity contribution is 6.03. The van der Waals surface area contributed by atoms with Crippen LogP contribution in [0.1, 0.15) is 51.0 Å². The number of halogens is 3. The van der Waals surface area contributed by atoms with Crippen molar-refractivity contribution < 1.29 is 23.0 Å². The van der Waals surface area contributed by atoms with E-state index in [2.05, 4.69) is 37.5 Å². The zero-order chi connectivity index (χ0) is 33.2. The van der Waals surface area contributed by atoms with Gasteiger partial charge in [-0.2, -0.15) is 9.97 Å². The first-order valence-corrected chi connectivity index (χ1v) is 17.0. The molecule has 2 atom stereocenters. The van der Waals surface area contributed by atoms with Gasteiger partial charge >= 0.3 is 6.01 Å². The molecule has 1 saturated carbocycles. The fourth-order valence-corrected chi connectivity index (χ4v) is 8.22. The second-order valence-electron chi connectivity index (χ2n) is 14.0. The van der Waals surface area contributed by atoms with Crippen LogP contribution in [0.25, 0.3) is 32.9 Å². The molecule has 1 N–H and O–H groups in total. The number of piperidine rings is 1. The Kier molecular flexibility index (Phi) is 7.84. The summed E-state index contributed by atoms with van der Waals surface area (Å²) in [6.45, 7) is 7.33. The number of benzene rings is 2. The van der Waals surface area contributed by atoms with Crippen LogP contribution in [0.4, 0.5) is 19.0 Å². The molecule has 4 fully saturated rings. The molecule has 4 aromatic rings. The molecule has 2 aromatic heterocycles. The van der Waals surface area contributed by atoms with E-state index in [0.717, 1.165) is 65.0 Å². The molecule has 11 heteroatoms. The fraction of sp³-hybridized carbons (Fsp3) is 0.486. The van der Waals surface area contributed by atoms with Crippen molar-refractivity contribution in [2.45, 2.75) is 63.7 Å². The van der Waals surface area contributed by atoms with Gasteiger partial charge in [0.25, 0.3) is 0 Å². The summed E-state index contributed by atoms with van der Waals surface area (Å²) in [6, 6.07) is 6.38. The first-order chi connectivity index (χ1) is 23.3. The molecule has 0 radical (unpaired) electrons. The summed E-state index contributed by atoms with van der Waals surface area (Å²) in [5.41, 5.74) is 0.00205. The molecule has 0 amide bonds. The molecule has 3 aliphatic heterocycles. The van der Waals surface area contributed by atoms with E-state index >= 15 is 4.39 Å². The van der Waals surface area contributed by atoms with Crippen molar-refractivity contribution in [3.8, 4) is 35.4 Å². The van der Waals surface area contributed by atoms with Crippen LogP contribution < -0.4 is 9.64 Å². The van der Waals surface area contributed by atoms with Gasteiger partial charge in [-0.1, -0.05) is 18.9 Å². The van der Waals surface area contributed by atoms with Crippen molar-refractivity contribution in [1.29, 1.82) is 0 Å². The van der Waals surface area contributed by atoms with Crippen LogP contribution in [0.15, 0.2) is 30.5 Å². The minimum absolute atomic E-state index is 0.0362. The maximum atomic E-state index is 16.9. The van der Waals surface area contributed by atoms with Gasteiger partial charge in [-0.05, 0) is 68.7 Å². The van der Waals surface area contributed by atoms with Crippen molar-refractivity contribution in [2.75, 3.05) is 50.8 Å². The molecule has 4 aliphatic rings. The largest absolute Gasteiger partial charge is 0.508 e. The van der Waals surface area contributed by atoms with Crippen molar-refractivity contribution in [2.24, 2.45) is 5.41 Å². The number of terminal acetylenes is 1. The van der Waals surface area contributed by atoms with Gasteiger partial charge < -0.3 is 19.6 Å². The quantitative estimate of drug-likeness (QED) is 0.229. The number of hydrogen-bond acceptors (Lipinski definition) is 8. The molecule has 5 heterocycles. The van der Waals surface area contributed by atoms with Gasteiger partial charge in [0.15, 0.2) is 5.82 Å². The molecule has 0 spiro atoms. The maximum Gasteiger partial charge on any atom is 0.319 e. The number of piperazine rings is 1. The van der Waals surface area contributed by atoms with Crippen LogP contribution in [0, 0.1) is 29.4 Å². The Labute approximate surface area is 277 Å². The number of rotatable bonds is 8. The lowest BCUT2D eigenvalue weighted by Crippen LogP contribution is -2.53. The SMILES string of the molecule is C#Cc1c(F)ccc2cc(O)cc(-c3ncc4c(N5CC6CCC(C5)N6CC)nc(OCC5(CN6CCC(F)CC6)CC5)nc4c3F)c12. The third-order valence-electron chi connectivity index (χ3n) is 10.9. The molecular formula is C37H39F3N6O2. The third kappa shape index (κ3) is 5.49. The highest BCUT2D eigenvalue weighted by atomic mass is 19.1. The van der Waals surface area contributed by atoms with E-state index in [0.29, 0.717) is 48.1 Å². The lowest BCUT2D eigenvalue weighted by Gasteiger charge is -2.41. The van der Waals surface area contributed by atoms with E-state index in [4.69, 9.17) is 16.1 Å². The third-order valence-corrected chi connectivity index (χ3v) is 10.9. The minimum atomic E-state index is -0.731. The number of aromatic hydroxyl groups is 1. The summed E-state index contributed by atoms with van der Waals surface area (Å²) < 4.78 is 51.8. The Hall–Kier alpha value is -4.14. The second-order valence-corrected chi connectivity index (χ2v) is 14.0. The van der Waals surface area contributed by atoms with Gasteiger partial charge in [0.2, 0.25) is 0 Å². The molecule has 2 bridgehead atoms. The molecule has 2 aromatic carbocycles. The fourth-order valence-electron chi connectivity index (χ4n) is 8.22. The molecule has 8 rings (SSSR count). The minimum Gasteiger partial charge on any atom is -0.508 e. The number of ether oxygens (including phenoxy) is 1. The summed E-state index contributed by atoms with van der Waals surface area (Å²) in [5, 5.41) is 11.8. The van der Waals surface area contributed by atoms with Crippen LogP contribution in [0.5, 0.6) is 11.8 Å². The first kappa shape index (κ1) is 31.1. The van der Waals surface area contributed by atoms with Crippen LogP contribution in [0.3, 0.4) is 0 Å². The van der Waals surface area contributed by atoms with Gasteiger partial charge in [0, 0.05) is 67.4 Å². The summed E-state index contributed by atoms with van der Waals surface area (Å²) in [6.07, 6.45) is 11.8. The van der Waals surface area contributed by atoms with Gasteiger partial charge in [-0.3, -0.25) is 9.88 Å². The van der Waals surface area contributed by atoms with E-state index in [-0.39, 0.29) is 44.9 Å². The topological polar surface area (TPSA) is 77.9 Å². The number of pyridine rings is 1. The zero-order valence-corrected chi connectivity index (χ0v) is 27.1. The van der Waals surface area contributed by atoms with Gasteiger partial charge in [0.1, 0.15) is 34.8 Å². The lowest BCUT2D eigenvalue weighted by atomic mass is 9.96. The molecule has 2 unspecified atom stereocenters. The van der Waals surface area contributed by atoms with Crippen molar-refractivity contribution in [1.82, 2.24) is 24.8 Å². The Balaban J connectivity index is 1.20. The van der Waals surface area contributed by atoms with Crippen LogP contribution in [-0.2, 0) is 0 Å². The van der Waals surface area contributed by atoms with E-state index < -0.39 is 17.8 Å². The van der Waals surface area contributed by atoms with E-state index in [1.54, 1.807) is 6.20 Å². The summed E-state index contributed by atoms with van der Waals surface area (Å²) in [4.78, 5) is 21.1. The number of fused-ring (bicyclic) bond motifs is 4. The molecular weight excluding hydrogens is 617 g/mol. The average Bonchev–Trinajstić information content (AvgIpc) is 3.81. The van der Waals surface area contributed by atoms with E-state index in [1.807, 2.05) is 0 Å². The number of aromatic nitrogens is 3. The average molecular weight is 657 g/mol. The molecule has 3 saturated heterocycles. The monoisotopic (exact) mass is 656 g/mol. The highest BCUT2D eigenvalue weighted by Crippen LogP contribution is 2.47. The molecule has 1 aliphatic carbocycles. The Morgan fingerprint density at radius 2 is 1.81 bits per heavy atom. The first-order valence-electron chi connectivity index (χ1n) is 17.0. The number of likely N-dealkylation sites (tertiary alicyclic amines) is 1. The van der Waals surface area contributed by atoms with Crippen LogP contribution in [-0.4, -0.2) is 94.0 Å². The highest BCUT2D eigenvalue weighted by Gasteiger charge is 2.46. The zero-order valence-electron chi connectivity index (χ0n) is 27.1.